The SMILES string of the molecule is CC(C)(CC=O)C1(C)CSC(NC(=O)Cc2csc3ccc(Cl)cc23)=N1. The molecule has 138 valence electrons. The van der Waals surface area contributed by atoms with Crippen LogP contribution in [0.5, 0.6) is 0 Å². The van der Waals surface area contributed by atoms with E-state index >= 15 is 0 Å². The lowest BCUT2D eigenvalue weighted by atomic mass is 9.73. The number of fused-ring (bicyclic) bond motifs is 1. The van der Waals surface area contributed by atoms with Gasteiger partial charge in [-0.25, -0.2) is 0 Å². The molecule has 1 aliphatic heterocycles. The van der Waals surface area contributed by atoms with E-state index in [1.807, 2.05) is 44.4 Å². The summed E-state index contributed by atoms with van der Waals surface area (Å²) in [4.78, 5) is 28.2. The highest BCUT2D eigenvalue weighted by molar-refractivity contribution is 8.14. The van der Waals surface area contributed by atoms with Crippen molar-refractivity contribution in [3.63, 3.8) is 0 Å². The second-order valence-corrected chi connectivity index (χ2v) is 9.67. The molecule has 1 atom stereocenters. The van der Waals surface area contributed by atoms with E-state index in [-0.39, 0.29) is 23.3 Å². The molecule has 0 bridgehead atoms. The molecule has 2 aromatic rings. The molecule has 1 unspecified atom stereocenters. The summed E-state index contributed by atoms with van der Waals surface area (Å²) < 4.78 is 1.12. The number of thiophene rings is 1. The summed E-state index contributed by atoms with van der Waals surface area (Å²) in [6.07, 6.45) is 1.67. The van der Waals surface area contributed by atoms with Gasteiger partial charge in [0, 0.05) is 21.9 Å². The Balaban J connectivity index is 1.71. The third kappa shape index (κ3) is 3.82. The van der Waals surface area contributed by atoms with E-state index in [0.717, 1.165) is 27.7 Å². The van der Waals surface area contributed by atoms with Crippen molar-refractivity contribution in [2.24, 2.45) is 10.4 Å². The Morgan fingerprint density at radius 1 is 1.46 bits per heavy atom. The second kappa shape index (κ2) is 7.33. The summed E-state index contributed by atoms with van der Waals surface area (Å²) in [5, 5.41) is 7.25. The maximum atomic E-state index is 12.5. The fraction of sp³-hybridized carbons (Fsp3) is 0.421. The van der Waals surface area contributed by atoms with Crippen LogP contribution in [0.25, 0.3) is 10.1 Å². The molecule has 7 heteroatoms. The van der Waals surface area contributed by atoms with Crippen LogP contribution in [0, 0.1) is 5.41 Å². The molecule has 1 N–H and O–H groups in total. The number of amides is 1. The number of benzene rings is 1. The lowest BCUT2D eigenvalue weighted by Crippen LogP contribution is -2.41. The maximum absolute atomic E-state index is 12.5. The number of aldehydes is 1. The molecule has 0 saturated carbocycles. The number of amidine groups is 1. The number of rotatable bonds is 5. The van der Waals surface area contributed by atoms with Crippen LogP contribution in [0.3, 0.4) is 0 Å². The first-order valence-corrected chi connectivity index (χ1v) is 10.6. The van der Waals surface area contributed by atoms with Crippen molar-refractivity contribution >= 4 is 62.1 Å². The first kappa shape index (κ1) is 19.4. The summed E-state index contributed by atoms with van der Waals surface area (Å²) in [6.45, 7) is 6.12. The minimum absolute atomic E-state index is 0.0895. The van der Waals surface area contributed by atoms with Gasteiger partial charge in [-0.2, -0.15) is 0 Å². The third-order valence-electron chi connectivity index (χ3n) is 5.10. The van der Waals surface area contributed by atoms with Crippen LogP contribution in [0.15, 0.2) is 28.6 Å². The summed E-state index contributed by atoms with van der Waals surface area (Å²) in [5.41, 5.74) is 0.343. The number of aliphatic imine (C=N–C) groups is 1. The van der Waals surface area contributed by atoms with Crippen molar-refractivity contribution < 1.29 is 9.59 Å². The topological polar surface area (TPSA) is 58.5 Å². The Hall–Kier alpha value is -1.37. The number of carbonyl (C=O) groups is 2. The number of nitrogens with zero attached hydrogens (tertiary/aromatic N) is 1. The molecule has 0 saturated heterocycles. The van der Waals surface area contributed by atoms with Crippen LogP contribution < -0.4 is 5.32 Å². The van der Waals surface area contributed by atoms with Gasteiger partial charge in [0.2, 0.25) is 5.91 Å². The van der Waals surface area contributed by atoms with Gasteiger partial charge in [0.1, 0.15) is 6.29 Å². The number of carbonyl (C=O) groups excluding carboxylic acids is 2. The van der Waals surface area contributed by atoms with E-state index < -0.39 is 0 Å². The predicted molar refractivity (Wildman–Crippen MR) is 111 cm³/mol. The van der Waals surface area contributed by atoms with Crippen LogP contribution >= 0.6 is 34.7 Å². The van der Waals surface area contributed by atoms with Crippen LogP contribution in [-0.2, 0) is 16.0 Å². The molecule has 0 radical (unpaired) electrons. The summed E-state index contributed by atoms with van der Waals surface area (Å²) >= 11 is 9.22. The molecule has 1 aromatic carbocycles. The maximum Gasteiger partial charge on any atom is 0.230 e. The lowest BCUT2D eigenvalue weighted by molar-refractivity contribution is -0.119. The van der Waals surface area contributed by atoms with Gasteiger partial charge in [-0.15, -0.1) is 11.3 Å². The van der Waals surface area contributed by atoms with Gasteiger partial charge < -0.3 is 10.1 Å². The fourth-order valence-corrected chi connectivity index (χ4v) is 5.30. The van der Waals surface area contributed by atoms with Crippen molar-refractivity contribution in [1.82, 2.24) is 5.32 Å². The van der Waals surface area contributed by atoms with Gasteiger partial charge in [-0.05, 0) is 46.9 Å². The Morgan fingerprint density at radius 2 is 2.23 bits per heavy atom. The Bertz CT molecular complexity index is 891. The van der Waals surface area contributed by atoms with Gasteiger partial charge >= 0.3 is 0 Å². The van der Waals surface area contributed by atoms with Gasteiger partial charge in [0.15, 0.2) is 5.17 Å². The van der Waals surface area contributed by atoms with E-state index in [0.29, 0.717) is 16.6 Å². The Labute approximate surface area is 166 Å². The average Bonchev–Trinajstić information content (AvgIpc) is 3.12. The molecule has 0 aliphatic carbocycles. The summed E-state index contributed by atoms with van der Waals surface area (Å²) in [7, 11) is 0. The highest BCUT2D eigenvalue weighted by Gasteiger charge is 2.44. The van der Waals surface area contributed by atoms with Crippen LogP contribution in [-0.4, -0.2) is 28.7 Å². The summed E-state index contributed by atoms with van der Waals surface area (Å²) in [5.74, 6) is 0.661. The molecule has 0 fully saturated rings. The molecular formula is C19H21ClN2O2S2. The number of halogens is 1. The third-order valence-corrected chi connectivity index (χ3v) is 7.52. The number of thioether (sulfide) groups is 1. The van der Waals surface area contributed by atoms with Gasteiger partial charge in [-0.3, -0.25) is 9.79 Å². The molecule has 3 rings (SSSR count). The minimum Gasteiger partial charge on any atom is -0.305 e. The minimum atomic E-state index is -0.371. The van der Waals surface area contributed by atoms with Crippen LogP contribution in [0.1, 0.15) is 32.8 Å². The fourth-order valence-electron chi connectivity index (χ4n) is 2.86. The van der Waals surface area contributed by atoms with E-state index in [1.54, 1.807) is 11.3 Å². The molecule has 2 heterocycles. The zero-order valence-corrected chi connectivity index (χ0v) is 17.4. The molecule has 4 nitrogen and oxygen atoms in total. The Kier molecular flexibility index (Phi) is 5.47. The van der Waals surface area contributed by atoms with Crippen molar-refractivity contribution in [3.05, 3.63) is 34.2 Å². The lowest BCUT2D eigenvalue weighted by Gasteiger charge is -2.37. The molecule has 26 heavy (non-hydrogen) atoms. The highest BCUT2D eigenvalue weighted by Crippen LogP contribution is 2.43. The molecule has 1 amide bonds. The monoisotopic (exact) mass is 408 g/mol. The molecule has 1 aliphatic rings. The van der Waals surface area contributed by atoms with Crippen molar-refractivity contribution in [3.8, 4) is 0 Å². The van der Waals surface area contributed by atoms with Gasteiger partial charge in [0.25, 0.3) is 0 Å². The van der Waals surface area contributed by atoms with Gasteiger partial charge in [0.05, 0.1) is 12.0 Å². The standard InChI is InChI=1S/C19H21ClN2O2S2/c1-18(2,6-7-23)19(3)11-26-17(22-19)21-16(24)8-12-10-25-15-5-4-13(20)9-14(12)15/h4-5,7,9-10H,6,8,11H2,1-3H3,(H,21,22,24). The normalized spacial score (nSPS) is 20.2. The van der Waals surface area contributed by atoms with E-state index in [9.17, 15) is 9.59 Å². The number of nitrogens with one attached hydrogen (secondary N) is 1. The Morgan fingerprint density at radius 3 is 2.96 bits per heavy atom. The van der Waals surface area contributed by atoms with Gasteiger partial charge in [-0.1, -0.05) is 37.2 Å². The highest BCUT2D eigenvalue weighted by atomic mass is 35.5. The van der Waals surface area contributed by atoms with Crippen LogP contribution in [0.2, 0.25) is 5.02 Å². The summed E-state index contributed by atoms with van der Waals surface area (Å²) in [6, 6.07) is 5.73. The average molecular weight is 409 g/mol. The van der Waals surface area contributed by atoms with E-state index in [1.165, 1.54) is 11.8 Å². The molecule has 0 spiro atoms. The van der Waals surface area contributed by atoms with Crippen molar-refractivity contribution in [2.45, 2.75) is 39.2 Å². The first-order valence-electron chi connectivity index (χ1n) is 8.36. The smallest absolute Gasteiger partial charge is 0.230 e. The van der Waals surface area contributed by atoms with Crippen LogP contribution in [0.4, 0.5) is 0 Å². The predicted octanol–water partition coefficient (Wildman–Crippen LogP) is 4.69. The van der Waals surface area contributed by atoms with Crippen molar-refractivity contribution in [2.75, 3.05) is 5.75 Å². The number of hydrogen-bond acceptors (Lipinski definition) is 5. The second-order valence-electron chi connectivity index (χ2n) is 7.36. The zero-order valence-electron chi connectivity index (χ0n) is 15.0. The van der Waals surface area contributed by atoms with E-state index in [4.69, 9.17) is 16.6 Å². The van der Waals surface area contributed by atoms with E-state index in [2.05, 4.69) is 5.32 Å². The largest absolute Gasteiger partial charge is 0.305 e. The zero-order chi connectivity index (χ0) is 18.9. The van der Waals surface area contributed by atoms with Crippen molar-refractivity contribution in [1.29, 1.82) is 0 Å². The first-order chi connectivity index (χ1) is 12.2. The number of hydrogen-bond donors (Lipinski definition) is 1. The molecular weight excluding hydrogens is 388 g/mol. The molecule has 1 aromatic heterocycles. The quantitative estimate of drug-likeness (QED) is 0.730.